The molecule has 0 radical (unpaired) electrons. The third kappa shape index (κ3) is 27.5. The SMILES string of the molecule is CC(=O)Nc1ccc(OCCOCCOCCOCCOCCOCCOCCOCCOCCOCCOCCOS(=O)(=O)c2ccccc2)cc1. The molecule has 0 aromatic heterocycles. The van der Waals surface area contributed by atoms with Crippen molar-refractivity contribution in [2.75, 3.05) is 151 Å². The van der Waals surface area contributed by atoms with Crippen molar-refractivity contribution in [2.45, 2.75) is 11.8 Å². The summed E-state index contributed by atoms with van der Waals surface area (Å²) in [6, 6.07) is 15.1. The Bertz CT molecular complexity index is 1240. The van der Waals surface area contributed by atoms with E-state index in [4.69, 9.17) is 56.3 Å². The third-order valence-electron chi connectivity index (χ3n) is 6.52. The number of nitrogens with one attached hydrogen (secondary N) is 1. The van der Waals surface area contributed by atoms with Crippen molar-refractivity contribution in [3.05, 3.63) is 54.6 Å². The van der Waals surface area contributed by atoms with E-state index in [1.54, 1.807) is 42.5 Å². The zero-order valence-electron chi connectivity index (χ0n) is 30.8. The molecule has 0 bridgehead atoms. The lowest BCUT2D eigenvalue weighted by atomic mass is 10.3. The van der Waals surface area contributed by atoms with Crippen molar-refractivity contribution in [2.24, 2.45) is 0 Å². The minimum Gasteiger partial charge on any atom is -0.491 e. The first-order valence-electron chi connectivity index (χ1n) is 17.7. The van der Waals surface area contributed by atoms with Crippen LogP contribution in [0.1, 0.15) is 6.92 Å². The van der Waals surface area contributed by atoms with E-state index in [-0.39, 0.29) is 24.0 Å². The van der Waals surface area contributed by atoms with E-state index in [1.165, 1.54) is 19.1 Å². The highest BCUT2D eigenvalue weighted by molar-refractivity contribution is 7.86. The summed E-state index contributed by atoms with van der Waals surface area (Å²) in [4.78, 5) is 11.2. The van der Waals surface area contributed by atoms with Crippen molar-refractivity contribution in [3.8, 4) is 5.75 Å². The Morgan fingerprint density at radius 2 is 0.774 bits per heavy atom. The van der Waals surface area contributed by atoms with Gasteiger partial charge in [0.15, 0.2) is 0 Å². The highest BCUT2D eigenvalue weighted by atomic mass is 32.2. The number of hydrogen-bond acceptors (Lipinski definition) is 15. The molecule has 2 aromatic rings. The van der Waals surface area contributed by atoms with Crippen LogP contribution >= 0.6 is 0 Å². The van der Waals surface area contributed by atoms with Gasteiger partial charge in [0.2, 0.25) is 5.91 Å². The Labute approximate surface area is 313 Å². The summed E-state index contributed by atoms with van der Waals surface area (Å²) in [5, 5.41) is 2.71. The maximum absolute atomic E-state index is 12.0. The summed E-state index contributed by atoms with van der Waals surface area (Å²) >= 11 is 0. The predicted octanol–water partition coefficient (Wildman–Crippen LogP) is 2.60. The van der Waals surface area contributed by atoms with Crippen LogP contribution in [0.4, 0.5) is 5.69 Å². The monoisotopic (exact) mass is 775 g/mol. The second-order valence-corrected chi connectivity index (χ2v) is 12.4. The minimum absolute atomic E-state index is 0.0637. The van der Waals surface area contributed by atoms with Crippen LogP contribution in [0.25, 0.3) is 0 Å². The van der Waals surface area contributed by atoms with Crippen LogP contribution in [0.15, 0.2) is 59.5 Å². The summed E-state index contributed by atoms with van der Waals surface area (Å²) in [5.41, 5.74) is 0.725. The largest absolute Gasteiger partial charge is 0.491 e. The second-order valence-electron chi connectivity index (χ2n) is 10.8. The number of amides is 1. The zero-order valence-corrected chi connectivity index (χ0v) is 31.6. The van der Waals surface area contributed by atoms with Crippen molar-refractivity contribution < 1.29 is 69.5 Å². The Kier molecular flexibility index (Phi) is 28.6. The molecule has 302 valence electrons. The van der Waals surface area contributed by atoms with Crippen LogP contribution in [-0.2, 0) is 66.5 Å². The standard InChI is InChI=1S/C36H57NO15S/c1-33(38)37-34-7-9-35(10-8-34)51-31-29-49-27-25-47-23-21-45-19-17-43-15-13-41-11-12-42-14-16-44-18-20-46-22-24-48-26-28-50-30-32-52-53(39,40)36-5-3-2-4-6-36/h2-10H,11-32H2,1H3,(H,37,38). The minimum atomic E-state index is -3.76. The molecule has 0 unspecified atom stereocenters. The lowest BCUT2D eigenvalue weighted by Crippen LogP contribution is -2.16. The highest BCUT2D eigenvalue weighted by Crippen LogP contribution is 2.15. The predicted molar refractivity (Wildman–Crippen MR) is 194 cm³/mol. The molecule has 1 N–H and O–H groups in total. The first-order valence-corrected chi connectivity index (χ1v) is 19.1. The first-order chi connectivity index (χ1) is 26.0. The molecule has 0 spiro atoms. The van der Waals surface area contributed by atoms with Gasteiger partial charge in [0.05, 0.1) is 144 Å². The van der Waals surface area contributed by atoms with E-state index < -0.39 is 10.1 Å². The molecule has 2 aromatic carbocycles. The molecule has 1 amide bonds. The molecule has 0 heterocycles. The Hall–Kier alpha value is -2.78. The fourth-order valence-electron chi connectivity index (χ4n) is 4.00. The van der Waals surface area contributed by atoms with E-state index >= 15 is 0 Å². The quantitative estimate of drug-likeness (QED) is 0.0783. The summed E-state index contributed by atoms with van der Waals surface area (Å²) in [5.74, 6) is 0.595. The molecule has 2 rings (SSSR count). The van der Waals surface area contributed by atoms with Gasteiger partial charge in [-0.05, 0) is 36.4 Å². The third-order valence-corrected chi connectivity index (χ3v) is 7.84. The molecule has 0 aliphatic heterocycles. The van der Waals surface area contributed by atoms with Gasteiger partial charge in [-0.3, -0.25) is 8.98 Å². The molecule has 17 heteroatoms. The summed E-state index contributed by atoms with van der Waals surface area (Å²) in [6.45, 7) is 10.5. The van der Waals surface area contributed by atoms with Gasteiger partial charge in [-0.2, -0.15) is 8.42 Å². The Balaban J connectivity index is 1.17. The van der Waals surface area contributed by atoms with E-state index in [0.29, 0.717) is 138 Å². The average Bonchev–Trinajstić information content (AvgIpc) is 3.15. The smallest absolute Gasteiger partial charge is 0.297 e. The summed E-state index contributed by atoms with van der Waals surface area (Å²) in [6.07, 6.45) is 0. The van der Waals surface area contributed by atoms with E-state index in [9.17, 15) is 13.2 Å². The van der Waals surface area contributed by atoms with Gasteiger partial charge in [-0.1, -0.05) is 18.2 Å². The van der Waals surface area contributed by atoms with Crippen molar-refractivity contribution in [3.63, 3.8) is 0 Å². The van der Waals surface area contributed by atoms with Gasteiger partial charge in [-0.15, -0.1) is 0 Å². The van der Waals surface area contributed by atoms with Gasteiger partial charge in [-0.25, -0.2) is 0 Å². The van der Waals surface area contributed by atoms with E-state index in [2.05, 4.69) is 5.32 Å². The Morgan fingerprint density at radius 1 is 0.453 bits per heavy atom. The van der Waals surface area contributed by atoms with Crippen molar-refractivity contribution in [1.82, 2.24) is 0 Å². The van der Waals surface area contributed by atoms with E-state index in [1.807, 2.05) is 0 Å². The molecule has 16 nitrogen and oxygen atoms in total. The fraction of sp³-hybridized carbons (Fsp3) is 0.639. The fourth-order valence-corrected chi connectivity index (χ4v) is 4.91. The second kappa shape index (κ2) is 32.6. The van der Waals surface area contributed by atoms with Gasteiger partial charge in [0.1, 0.15) is 12.4 Å². The molecule has 53 heavy (non-hydrogen) atoms. The maximum Gasteiger partial charge on any atom is 0.297 e. The number of hydrogen-bond donors (Lipinski definition) is 1. The van der Waals surface area contributed by atoms with Crippen LogP contribution in [0.5, 0.6) is 5.75 Å². The molecule has 0 atom stereocenters. The van der Waals surface area contributed by atoms with Crippen LogP contribution in [0.3, 0.4) is 0 Å². The number of benzene rings is 2. The van der Waals surface area contributed by atoms with Gasteiger partial charge in [0.25, 0.3) is 10.1 Å². The normalized spacial score (nSPS) is 11.6. The molecule has 0 saturated heterocycles. The number of rotatable bonds is 37. The van der Waals surface area contributed by atoms with Gasteiger partial charge in [0, 0.05) is 12.6 Å². The Morgan fingerprint density at radius 3 is 1.11 bits per heavy atom. The van der Waals surface area contributed by atoms with Crippen LogP contribution in [-0.4, -0.2) is 160 Å². The first kappa shape index (κ1) is 46.4. The summed E-state index contributed by atoms with van der Waals surface area (Å²) < 4.78 is 89.0. The van der Waals surface area contributed by atoms with Crippen LogP contribution in [0, 0.1) is 0 Å². The van der Waals surface area contributed by atoms with Crippen LogP contribution in [0.2, 0.25) is 0 Å². The molecule has 0 aliphatic rings. The molecule has 0 saturated carbocycles. The number of carbonyl (C=O) groups excluding carboxylic acids is 1. The lowest BCUT2D eigenvalue weighted by Gasteiger charge is -2.09. The van der Waals surface area contributed by atoms with Crippen molar-refractivity contribution >= 4 is 21.7 Å². The number of ether oxygens (including phenoxy) is 11. The summed E-state index contributed by atoms with van der Waals surface area (Å²) in [7, 11) is -3.76. The lowest BCUT2D eigenvalue weighted by molar-refractivity contribution is -0.114. The number of anilines is 1. The molecule has 0 fully saturated rings. The van der Waals surface area contributed by atoms with Crippen molar-refractivity contribution in [1.29, 1.82) is 0 Å². The maximum atomic E-state index is 12.0. The molecular weight excluding hydrogens is 718 g/mol. The molecule has 0 aliphatic carbocycles. The zero-order chi connectivity index (χ0) is 37.9. The average molecular weight is 776 g/mol. The van der Waals surface area contributed by atoms with Crippen LogP contribution < -0.4 is 10.1 Å². The topological polar surface area (TPSA) is 174 Å². The number of carbonyl (C=O) groups is 1. The van der Waals surface area contributed by atoms with Gasteiger partial charge >= 0.3 is 0 Å². The van der Waals surface area contributed by atoms with E-state index in [0.717, 1.165) is 5.69 Å². The molecular formula is C36H57NO15S. The van der Waals surface area contributed by atoms with Gasteiger partial charge < -0.3 is 57.4 Å². The highest BCUT2D eigenvalue weighted by Gasteiger charge is 2.13.